The van der Waals surface area contributed by atoms with E-state index in [2.05, 4.69) is 10.3 Å². The molecule has 28 heavy (non-hydrogen) atoms. The molecule has 0 atom stereocenters. The second-order valence-corrected chi connectivity index (χ2v) is 6.11. The Kier molecular flexibility index (Phi) is 4.52. The summed E-state index contributed by atoms with van der Waals surface area (Å²) in [5.41, 5.74) is 1.14. The summed E-state index contributed by atoms with van der Waals surface area (Å²) in [5.74, 6) is -1.16. The van der Waals surface area contributed by atoms with E-state index >= 15 is 0 Å². The Balaban J connectivity index is 1.78. The smallest absolute Gasteiger partial charge is 0.316 e. The number of aromatic nitrogens is 2. The number of halogens is 2. The van der Waals surface area contributed by atoms with Crippen molar-refractivity contribution in [1.82, 2.24) is 9.55 Å². The maximum atomic E-state index is 13.6. The van der Waals surface area contributed by atoms with E-state index in [0.717, 1.165) is 11.5 Å². The van der Waals surface area contributed by atoms with E-state index in [0.29, 0.717) is 16.8 Å². The van der Waals surface area contributed by atoms with Gasteiger partial charge in [-0.05, 0) is 35.9 Å². The first-order valence-corrected chi connectivity index (χ1v) is 8.37. The first kappa shape index (κ1) is 17.7. The third kappa shape index (κ3) is 3.44. The lowest BCUT2D eigenvalue weighted by molar-refractivity contribution is 0.402. The SMILES string of the molecule is COc1cn(Cc2cc(F)cc(F)c2)c(Nc2cccc3occc23)nc1=O. The minimum absolute atomic E-state index is 0.0175. The average molecular weight is 383 g/mol. The fraction of sp³-hybridized carbons (Fsp3) is 0.100. The van der Waals surface area contributed by atoms with Crippen LogP contribution in [-0.4, -0.2) is 16.7 Å². The zero-order valence-corrected chi connectivity index (χ0v) is 14.8. The number of benzene rings is 2. The van der Waals surface area contributed by atoms with Gasteiger partial charge in [-0.25, -0.2) is 8.78 Å². The summed E-state index contributed by atoms with van der Waals surface area (Å²) < 4.78 is 39.1. The van der Waals surface area contributed by atoms with Crippen LogP contribution in [-0.2, 0) is 6.54 Å². The van der Waals surface area contributed by atoms with Gasteiger partial charge < -0.3 is 19.0 Å². The molecule has 4 aromatic rings. The molecule has 0 aliphatic carbocycles. The van der Waals surface area contributed by atoms with Crippen LogP contribution in [0.1, 0.15) is 5.56 Å². The standard InChI is InChI=1S/C20H15F2N3O3/c1-27-18-11-25(10-12-7-13(21)9-14(22)8-12)20(24-19(18)26)23-16-3-2-4-17-15(16)5-6-28-17/h2-9,11H,10H2,1H3,(H,23,24,26). The lowest BCUT2D eigenvalue weighted by atomic mass is 10.2. The Morgan fingerprint density at radius 2 is 1.96 bits per heavy atom. The summed E-state index contributed by atoms with van der Waals surface area (Å²) in [4.78, 5) is 16.2. The van der Waals surface area contributed by atoms with E-state index in [1.165, 1.54) is 25.4 Å². The topological polar surface area (TPSA) is 69.3 Å². The van der Waals surface area contributed by atoms with E-state index in [4.69, 9.17) is 9.15 Å². The third-order valence-corrected chi connectivity index (χ3v) is 4.20. The van der Waals surface area contributed by atoms with Gasteiger partial charge in [0.15, 0.2) is 0 Å². The van der Waals surface area contributed by atoms with Crippen molar-refractivity contribution in [3.63, 3.8) is 0 Å². The lowest BCUT2D eigenvalue weighted by Crippen LogP contribution is -2.18. The number of ether oxygens (including phenoxy) is 1. The highest BCUT2D eigenvalue weighted by Gasteiger charge is 2.13. The van der Waals surface area contributed by atoms with Gasteiger partial charge in [0.2, 0.25) is 11.7 Å². The van der Waals surface area contributed by atoms with Gasteiger partial charge in [-0.15, -0.1) is 0 Å². The van der Waals surface area contributed by atoms with Crippen molar-refractivity contribution in [3.05, 3.63) is 82.5 Å². The summed E-state index contributed by atoms with van der Waals surface area (Å²) in [5, 5.41) is 3.89. The molecule has 0 saturated carbocycles. The molecule has 0 bridgehead atoms. The van der Waals surface area contributed by atoms with Crippen LogP contribution >= 0.6 is 0 Å². The monoisotopic (exact) mass is 383 g/mol. The molecule has 2 heterocycles. The molecule has 142 valence electrons. The number of methoxy groups -OCH3 is 1. The summed E-state index contributed by atoms with van der Waals surface area (Å²) in [6.45, 7) is 0.0714. The number of hydrogen-bond donors (Lipinski definition) is 1. The number of anilines is 2. The Bertz CT molecular complexity index is 1200. The highest BCUT2D eigenvalue weighted by atomic mass is 19.1. The van der Waals surface area contributed by atoms with E-state index in [9.17, 15) is 13.6 Å². The minimum Gasteiger partial charge on any atom is -0.490 e. The van der Waals surface area contributed by atoms with E-state index < -0.39 is 17.2 Å². The van der Waals surface area contributed by atoms with Crippen LogP contribution in [0.4, 0.5) is 20.4 Å². The zero-order chi connectivity index (χ0) is 19.7. The molecule has 0 fully saturated rings. The zero-order valence-electron chi connectivity index (χ0n) is 14.8. The third-order valence-electron chi connectivity index (χ3n) is 4.20. The van der Waals surface area contributed by atoms with Crippen molar-refractivity contribution in [3.8, 4) is 5.75 Å². The molecule has 0 aliphatic heterocycles. The predicted molar refractivity (Wildman–Crippen MR) is 100 cm³/mol. The summed E-state index contributed by atoms with van der Waals surface area (Å²) in [7, 11) is 1.35. The van der Waals surface area contributed by atoms with E-state index in [-0.39, 0.29) is 18.2 Å². The summed E-state index contributed by atoms with van der Waals surface area (Å²) in [6, 6.07) is 10.4. The fourth-order valence-electron chi connectivity index (χ4n) is 2.96. The average Bonchev–Trinajstić information content (AvgIpc) is 3.13. The largest absolute Gasteiger partial charge is 0.490 e. The highest BCUT2D eigenvalue weighted by molar-refractivity contribution is 5.91. The van der Waals surface area contributed by atoms with Crippen LogP contribution in [0.25, 0.3) is 11.0 Å². The quantitative estimate of drug-likeness (QED) is 0.563. The fourth-order valence-corrected chi connectivity index (χ4v) is 2.96. The number of fused-ring (bicyclic) bond motifs is 1. The molecular weight excluding hydrogens is 368 g/mol. The van der Waals surface area contributed by atoms with Gasteiger partial charge in [0.1, 0.15) is 17.2 Å². The van der Waals surface area contributed by atoms with Crippen LogP contribution in [0.3, 0.4) is 0 Å². The molecule has 0 unspecified atom stereocenters. The normalized spacial score (nSPS) is 11.0. The number of rotatable bonds is 5. The maximum Gasteiger partial charge on any atom is 0.316 e. The van der Waals surface area contributed by atoms with Crippen LogP contribution in [0, 0.1) is 11.6 Å². The van der Waals surface area contributed by atoms with Crippen molar-refractivity contribution in [1.29, 1.82) is 0 Å². The number of nitrogens with zero attached hydrogens (tertiary/aromatic N) is 2. The van der Waals surface area contributed by atoms with Gasteiger partial charge in [0, 0.05) is 11.5 Å². The molecule has 0 spiro atoms. The van der Waals surface area contributed by atoms with E-state index in [1.807, 2.05) is 6.07 Å². The number of furan rings is 1. The second-order valence-electron chi connectivity index (χ2n) is 6.11. The molecule has 0 aliphatic rings. The number of nitrogens with one attached hydrogen (secondary N) is 1. The Morgan fingerprint density at radius 1 is 1.18 bits per heavy atom. The molecule has 4 rings (SSSR count). The van der Waals surface area contributed by atoms with Crippen LogP contribution in [0.5, 0.6) is 5.75 Å². The molecule has 8 heteroatoms. The molecular formula is C20H15F2N3O3. The minimum atomic E-state index is -0.686. The molecule has 0 saturated heterocycles. The molecule has 2 aromatic heterocycles. The molecule has 0 amide bonds. The van der Waals surface area contributed by atoms with Gasteiger partial charge in [-0.3, -0.25) is 4.79 Å². The van der Waals surface area contributed by atoms with Crippen molar-refractivity contribution in [2.75, 3.05) is 12.4 Å². The van der Waals surface area contributed by atoms with Gasteiger partial charge in [-0.2, -0.15) is 4.98 Å². The van der Waals surface area contributed by atoms with Crippen LogP contribution < -0.4 is 15.6 Å². The van der Waals surface area contributed by atoms with Gasteiger partial charge in [-0.1, -0.05) is 6.07 Å². The van der Waals surface area contributed by atoms with Crippen molar-refractivity contribution >= 4 is 22.6 Å². The van der Waals surface area contributed by atoms with Gasteiger partial charge in [0.25, 0.3) is 0 Å². The molecule has 0 radical (unpaired) electrons. The van der Waals surface area contributed by atoms with Crippen molar-refractivity contribution < 1.29 is 17.9 Å². The Hall–Kier alpha value is -3.68. The molecule has 2 aromatic carbocycles. The van der Waals surface area contributed by atoms with Gasteiger partial charge >= 0.3 is 5.56 Å². The summed E-state index contributed by atoms with van der Waals surface area (Å²) in [6.07, 6.45) is 3.00. The van der Waals surface area contributed by atoms with Crippen molar-refractivity contribution in [2.45, 2.75) is 6.54 Å². The maximum absolute atomic E-state index is 13.6. The van der Waals surface area contributed by atoms with Crippen LogP contribution in [0.15, 0.2) is 64.1 Å². The van der Waals surface area contributed by atoms with Crippen LogP contribution in [0.2, 0.25) is 0 Å². The Morgan fingerprint density at radius 3 is 2.71 bits per heavy atom. The Labute approximate surface area is 158 Å². The highest BCUT2D eigenvalue weighted by Crippen LogP contribution is 2.27. The summed E-state index contributed by atoms with van der Waals surface area (Å²) >= 11 is 0. The van der Waals surface area contributed by atoms with E-state index in [1.54, 1.807) is 29.0 Å². The molecule has 1 N–H and O–H groups in total. The number of hydrogen-bond acceptors (Lipinski definition) is 5. The first-order valence-electron chi connectivity index (χ1n) is 8.37. The predicted octanol–water partition coefficient (Wildman–Crippen LogP) is 4.07. The molecule has 6 nitrogen and oxygen atoms in total. The first-order chi connectivity index (χ1) is 13.5. The lowest BCUT2D eigenvalue weighted by Gasteiger charge is -2.15. The second kappa shape index (κ2) is 7.15. The van der Waals surface area contributed by atoms with Gasteiger partial charge in [0.05, 0.1) is 31.8 Å². The van der Waals surface area contributed by atoms with Crippen molar-refractivity contribution in [2.24, 2.45) is 0 Å².